The van der Waals surface area contributed by atoms with Crippen molar-refractivity contribution in [3.63, 3.8) is 0 Å². The summed E-state index contributed by atoms with van der Waals surface area (Å²) in [7, 11) is -2.82. The SMILES string of the molecule is CCN(CCC1CS(=O)(=O)CCN1)Cc1cccs1. The van der Waals surface area contributed by atoms with Crippen molar-refractivity contribution in [3.05, 3.63) is 22.4 Å². The Bertz CT molecular complexity index is 471. The predicted octanol–water partition coefficient (Wildman–Crippen LogP) is 1.35. The van der Waals surface area contributed by atoms with Gasteiger partial charge in [-0.15, -0.1) is 11.3 Å². The van der Waals surface area contributed by atoms with Crippen molar-refractivity contribution < 1.29 is 8.42 Å². The van der Waals surface area contributed by atoms with Crippen LogP contribution in [0.15, 0.2) is 17.5 Å². The van der Waals surface area contributed by atoms with Gasteiger partial charge in [0.25, 0.3) is 0 Å². The molecule has 0 aromatic carbocycles. The zero-order valence-electron chi connectivity index (χ0n) is 11.3. The van der Waals surface area contributed by atoms with E-state index in [-0.39, 0.29) is 11.8 Å². The first-order valence-electron chi connectivity index (χ1n) is 6.77. The van der Waals surface area contributed by atoms with Crippen molar-refractivity contribution in [2.45, 2.75) is 25.9 Å². The molecule has 1 atom stereocenters. The maximum atomic E-state index is 11.6. The average molecular weight is 302 g/mol. The summed E-state index contributed by atoms with van der Waals surface area (Å²) in [4.78, 5) is 3.74. The van der Waals surface area contributed by atoms with Crippen molar-refractivity contribution in [2.75, 3.05) is 31.1 Å². The number of thiophene rings is 1. The molecule has 0 spiro atoms. The fourth-order valence-corrected chi connectivity index (χ4v) is 4.60. The van der Waals surface area contributed by atoms with Crippen molar-refractivity contribution in [2.24, 2.45) is 0 Å². The fraction of sp³-hybridized carbons (Fsp3) is 0.692. The first kappa shape index (κ1) is 15.0. The number of hydrogen-bond acceptors (Lipinski definition) is 5. The lowest BCUT2D eigenvalue weighted by atomic mass is 10.2. The van der Waals surface area contributed by atoms with Crippen LogP contribution in [0.3, 0.4) is 0 Å². The van der Waals surface area contributed by atoms with Crippen molar-refractivity contribution in [1.29, 1.82) is 0 Å². The molecule has 1 fully saturated rings. The van der Waals surface area contributed by atoms with Crippen LogP contribution in [0.5, 0.6) is 0 Å². The van der Waals surface area contributed by atoms with Gasteiger partial charge in [-0.25, -0.2) is 8.42 Å². The molecule has 0 saturated carbocycles. The van der Waals surface area contributed by atoms with Gasteiger partial charge in [-0.2, -0.15) is 0 Å². The van der Waals surface area contributed by atoms with Gasteiger partial charge in [0.2, 0.25) is 0 Å². The van der Waals surface area contributed by atoms with E-state index in [0.29, 0.717) is 12.3 Å². The summed E-state index contributed by atoms with van der Waals surface area (Å²) in [6.45, 7) is 5.66. The second-order valence-electron chi connectivity index (χ2n) is 5.00. The van der Waals surface area contributed by atoms with E-state index in [9.17, 15) is 8.42 Å². The molecule has 0 radical (unpaired) electrons. The topological polar surface area (TPSA) is 49.4 Å². The van der Waals surface area contributed by atoms with Gasteiger partial charge in [-0.3, -0.25) is 4.90 Å². The van der Waals surface area contributed by atoms with E-state index >= 15 is 0 Å². The molecule has 0 amide bonds. The number of nitrogens with one attached hydrogen (secondary N) is 1. The molecule has 19 heavy (non-hydrogen) atoms. The van der Waals surface area contributed by atoms with Crippen LogP contribution in [0.4, 0.5) is 0 Å². The van der Waals surface area contributed by atoms with Crippen LogP contribution >= 0.6 is 11.3 Å². The standard InChI is InChI=1S/C13H22N2O2S2/c1-2-15(10-13-4-3-8-18-13)7-5-12-11-19(16,17)9-6-14-12/h3-4,8,12,14H,2,5-7,9-11H2,1H3. The van der Waals surface area contributed by atoms with Gasteiger partial charge in [-0.1, -0.05) is 13.0 Å². The molecule has 2 heterocycles. The lowest BCUT2D eigenvalue weighted by Crippen LogP contribution is -2.46. The van der Waals surface area contributed by atoms with E-state index in [2.05, 4.69) is 34.7 Å². The van der Waals surface area contributed by atoms with Crippen LogP contribution < -0.4 is 5.32 Å². The van der Waals surface area contributed by atoms with Crippen molar-refractivity contribution >= 4 is 21.2 Å². The number of hydrogen-bond donors (Lipinski definition) is 1. The van der Waals surface area contributed by atoms with E-state index in [1.54, 1.807) is 11.3 Å². The fourth-order valence-electron chi connectivity index (χ4n) is 2.36. The highest BCUT2D eigenvalue weighted by molar-refractivity contribution is 7.91. The minimum Gasteiger partial charge on any atom is -0.312 e. The maximum absolute atomic E-state index is 11.6. The smallest absolute Gasteiger partial charge is 0.153 e. The van der Waals surface area contributed by atoms with Gasteiger partial charge in [0.05, 0.1) is 11.5 Å². The highest BCUT2D eigenvalue weighted by Gasteiger charge is 2.24. The van der Waals surface area contributed by atoms with Gasteiger partial charge in [0, 0.05) is 30.6 Å². The molecule has 1 unspecified atom stereocenters. The predicted molar refractivity (Wildman–Crippen MR) is 80.3 cm³/mol. The molecule has 1 aromatic rings. The molecular weight excluding hydrogens is 280 g/mol. The lowest BCUT2D eigenvalue weighted by Gasteiger charge is -2.27. The summed E-state index contributed by atoms with van der Waals surface area (Å²) in [6, 6.07) is 4.34. The lowest BCUT2D eigenvalue weighted by molar-refractivity contribution is 0.265. The van der Waals surface area contributed by atoms with Crippen molar-refractivity contribution in [3.8, 4) is 0 Å². The summed E-state index contributed by atoms with van der Waals surface area (Å²) < 4.78 is 23.2. The molecule has 4 nitrogen and oxygen atoms in total. The molecular formula is C13H22N2O2S2. The highest BCUT2D eigenvalue weighted by atomic mass is 32.2. The van der Waals surface area contributed by atoms with Crippen LogP contribution in [0.2, 0.25) is 0 Å². The summed E-state index contributed by atoms with van der Waals surface area (Å²) in [6.07, 6.45) is 0.901. The zero-order valence-corrected chi connectivity index (χ0v) is 13.0. The molecule has 1 aromatic heterocycles. The number of sulfone groups is 1. The van der Waals surface area contributed by atoms with Gasteiger partial charge < -0.3 is 5.32 Å². The Labute approximate surface area is 119 Å². The quantitative estimate of drug-likeness (QED) is 0.862. The second kappa shape index (κ2) is 6.83. The molecule has 0 aliphatic carbocycles. The normalized spacial score (nSPS) is 22.7. The molecule has 1 aliphatic rings. The molecule has 0 bridgehead atoms. The van der Waals surface area contributed by atoms with Gasteiger partial charge in [0.1, 0.15) is 0 Å². The van der Waals surface area contributed by atoms with E-state index in [4.69, 9.17) is 0 Å². The number of nitrogens with zero attached hydrogens (tertiary/aromatic N) is 1. The third kappa shape index (κ3) is 4.87. The molecule has 2 rings (SSSR count). The maximum Gasteiger partial charge on any atom is 0.153 e. The average Bonchev–Trinajstić information content (AvgIpc) is 2.86. The van der Waals surface area contributed by atoms with Crippen LogP contribution in [0, 0.1) is 0 Å². The molecule has 1 aliphatic heterocycles. The Balaban J connectivity index is 1.79. The zero-order chi connectivity index (χ0) is 13.7. The summed E-state index contributed by atoms with van der Waals surface area (Å²) in [5, 5.41) is 5.41. The summed E-state index contributed by atoms with van der Waals surface area (Å²) in [5.74, 6) is 0.583. The number of rotatable bonds is 6. The summed E-state index contributed by atoms with van der Waals surface area (Å²) >= 11 is 1.77. The molecule has 6 heteroatoms. The van der Waals surface area contributed by atoms with E-state index < -0.39 is 9.84 Å². The Kier molecular flexibility index (Phi) is 5.38. The van der Waals surface area contributed by atoms with Gasteiger partial charge in [0.15, 0.2) is 9.84 Å². The first-order valence-corrected chi connectivity index (χ1v) is 9.47. The van der Waals surface area contributed by atoms with Crippen LogP contribution in [-0.2, 0) is 16.4 Å². The van der Waals surface area contributed by atoms with Crippen LogP contribution in [0.25, 0.3) is 0 Å². The van der Waals surface area contributed by atoms with Gasteiger partial charge >= 0.3 is 0 Å². The Morgan fingerprint density at radius 2 is 2.37 bits per heavy atom. The minimum absolute atomic E-state index is 0.121. The molecule has 1 N–H and O–H groups in total. The largest absolute Gasteiger partial charge is 0.312 e. The monoisotopic (exact) mass is 302 g/mol. The minimum atomic E-state index is -2.82. The first-order chi connectivity index (χ1) is 9.09. The Morgan fingerprint density at radius 1 is 1.53 bits per heavy atom. The molecule has 108 valence electrons. The Morgan fingerprint density at radius 3 is 3.00 bits per heavy atom. The Hall–Kier alpha value is -0.430. The highest BCUT2D eigenvalue weighted by Crippen LogP contribution is 2.13. The van der Waals surface area contributed by atoms with Crippen LogP contribution in [0.1, 0.15) is 18.2 Å². The van der Waals surface area contributed by atoms with Crippen LogP contribution in [-0.4, -0.2) is 50.5 Å². The van der Waals surface area contributed by atoms with E-state index in [1.807, 2.05) is 0 Å². The molecule has 1 saturated heterocycles. The van der Waals surface area contributed by atoms with Gasteiger partial charge in [-0.05, 0) is 24.4 Å². The van der Waals surface area contributed by atoms with Crippen molar-refractivity contribution in [1.82, 2.24) is 10.2 Å². The van der Waals surface area contributed by atoms with E-state index in [0.717, 1.165) is 26.1 Å². The third-order valence-electron chi connectivity index (χ3n) is 3.50. The second-order valence-corrected chi connectivity index (χ2v) is 8.26. The summed E-state index contributed by atoms with van der Waals surface area (Å²) in [5.41, 5.74) is 0. The third-order valence-corrected chi connectivity index (χ3v) is 6.10. The van der Waals surface area contributed by atoms with E-state index in [1.165, 1.54) is 4.88 Å².